The number of unbranched alkanes of at least 4 members (excludes halogenated alkanes) is 1. The van der Waals surface area contributed by atoms with Crippen LogP contribution >= 0.6 is 0 Å². The van der Waals surface area contributed by atoms with Crippen molar-refractivity contribution in [2.45, 2.75) is 92.2 Å². The van der Waals surface area contributed by atoms with Gasteiger partial charge in [-0.2, -0.15) is 0 Å². The molecule has 0 saturated heterocycles. The summed E-state index contributed by atoms with van der Waals surface area (Å²) >= 11 is 0. The summed E-state index contributed by atoms with van der Waals surface area (Å²) in [4.78, 5) is 13.4. The van der Waals surface area contributed by atoms with Crippen molar-refractivity contribution in [3.63, 3.8) is 0 Å². The number of imidazole rings is 1. The van der Waals surface area contributed by atoms with Crippen LogP contribution in [0.3, 0.4) is 0 Å². The molecule has 3 heterocycles. The number of nitrogens with one attached hydrogen (secondary N) is 2. The zero-order valence-corrected chi connectivity index (χ0v) is 24.7. The third kappa shape index (κ3) is 7.31. The van der Waals surface area contributed by atoms with Crippen LogP contribution in [0.2, 0.25) is 0 Å². The van der Waals surface area contributed by atoms with Crippen molar-refractivity contribution in [3.8, 4) is 11.4 Å². The van der Waals surface area contributed by atoms with Crippen LogP contribution in [0.15, 0.2) is 54.2 Å². The summed E-state index contributed by atoms with van der Waals surface area (Å²) in [5, 5.41) is 3.28. The first-order valence-electron chi connectivity index (χ1n) is 14.8. The Balaban J connectivity index is 0.00000100. The molecule has 1 aliphatic carbocycles. The summed E-state index contributed by atoms with van der Waals surface area (Å²) in [6, 6.07) is 11.1. The molecule has 0 radical (unpaired) electrons. The second-order valence-corrected chi connectivity index (χ2v) is 9.72. The van der Waals surface area contributed by atoms with Gasteiger partial charge in [0, 0.05) is 18.2 Å². The summed E-state index contributed by atoms with van der Waals surface area (Å²) in [5.74, 6) is 2.02. The van der Waals surface area contributed by atoms with Crippen LogP contribution in [0.1, 0.15) is 99.6 Å². The number of aryl methyl sites for hydroxylation is 3. The van der Waals surface area contributed by atoms with E-state index in [0.29, 0.717) is 18.4 Å². The number of nitrogens with two attached hydrogens (primary N) is 1. The highest BCUT2D eigenvalue weighted by atomic mass is 15.2. The number of aromatic nitrogens is 3. The molecule has 0 fully saturated rings. The number of allylic oxidation sites excluding steroid dienone is 1. The summed E-state index contributed by atoms with van der Waals surface area (Å²) < 4.78 is 2.24. The SMILES string of the molecule is C=CNCCC(CCCCc1cccc(C)c1)c1nc(-c2cc3c([nH]2)C=CCC3)c2n1CN=C2N.CC.CC. The predicted octanol–water partition coefficient (Wildman–Crippen LogP) is 7.49. The van der Waals surface area contributed by atoms with Crippen LogP contribution in [0.25, 0.3) is 17.5 Å². The van der Waals surface area contributed by atoms with E-state index in [1.54, 1.807) is 6.20 Å². The van der Waals surface area contributed by atoms with E-state index in [2.05, 4.69) is 75.8 Å². The van der Waals surface area contributed by atoms with Crippen molar-refractivity contribution in [2.75, 3.05) is 6.54 Å². The molecule has 0 saturated carbocycles. The Labute approximate surface area is 235 Å². The molecule has 0 bridgehead atoms. The minimum atomic E-state index is 0.332. The molecule has 1 aromatic carbocycles. The Kier molecular flexibility index (Phi) is 11.7. The van der Waals surface area contributed by atoms with Gasteiger partial charge in [0.1, 0.15) is 29.7 Å². The lowest BCUT2D eigenvalue weighted by Crippen LogP contribution is -2.16. The second kappa shape index (κ2) is 15.2. The molecule has 0 amide bonds. The number of benzene rings is 1. The molecule has 210 valence electrons. The van der Waals surface area contributed by atoms with Gasteiger partial charge < -0.3 is 20.6 Å². The molecule has 6 nitrogen and oxygen atoms in total. The minimum Gasteiger partial charge on any atom is -0.391 e. The molecule has 4 N–H and O–H groups in total. The van der Waals surface area contributed by atoms with Gasteiger partial charge in [0.2, 0.25) is 0 Å². The van der Waals surface area contributed by atoms with E-state index >= 15 is 0 Å². The number of hydrogen-bond donors (Lipinski definition) is 3. The lowest BCUT2D eigenvalue weighted by molar-refractivity contribution is 0.489. The Morgan fingerprint density at radius 2 is 1.97 bits per heavy atom. The number of amidine groups is 1. The van der Waals surface area contributed by atoms with Gasteiger partial charge in [-0.1, -0.05) is 76.6 Å². The van der Waals surface area contributed by atoms with Crippen LogP contribution in [0.5, 0.6) is 0 Å². The lowest BCUT2D eigenvalue weighted by Gasteiger charge is -2.17. The number of hydrogen-bond acceptors (Lipinski definition) is 4. The average Bonchev–Trinajstić information content (AvgIpc) is 3.67. The Morgan fingerprint density at radius 1 is 1.15 bits per heavy atom. The first kappa shape index (κ1) is 30.0. The van der Waals surface area contributed by atoms with E-state index in [9.17, 15) is 0 Å². The minimum absolute atomic E-state index is 0.332. The summed E-state index contributed by atoms with van der Waals surface area (Å²) in [6.07, 6.45) is 13.8. The average molecular weight is 529 g/mol. The number of rotatable bonds is 11. The fraction of sp³-hybridized carbons (Fsp3) is 0.455. The largest absolute Gasteiger partial charge is 0.391 e. The normalized spacial score (nSPS) is 13.7. The predicted molar refractivity (Wildman–Crippen MR) is 167 cm³/mol. The van der Waals surface area contributed by atoms with Crippen molar-refractivity contribution in [2.24, 2.45) is 10.7 Å². The van der Waals surface area contributed by atoms with E-state index in [-0.39, 0.29) is 0 Å². The van der Waals surface area contributed by atoms with Gasteiger partial charge in [0.25, 0.3) is 0 Å². The number of nitrogens with zero attached hydrogens (tertiary/aromatic N) is 3. The second-order valence-electron chi connectivity index (χ2n) is 9.72. The highest BCUT2D eigenvalue weighted by Crippen LogP contribution is 2.35. The zero-order valence-electron chi connectivity index (χ0n) is 24.7. The van der Waals surface area contributed by atoms with E-state index in [4.69, 9.17) is 10.7 Å². The molecule has 1 unspecified atom stereocenters. The first-order valence-corrected chi connectivity index (χ1v) is 14.8. The third-order valence-corrected chi connectivity index (χ3v) is 7.17. The monoisotopic (exact) mass is 528 g/mol. The summed E-state index contributed by atoms with van der Waals surface area (Å²) in [6.45, 7) is 15.4. The molecule has 1 atom stereocenters. The van der Waals surface area contributed by atoms with E-state index in [0.717, 1.165) is 68.0 Å². The maximum atomic E-state index is 6.38. The van der Waals surface area contributed by atoms with Crippen LogP contribution in [-0.2, 0) is 19.5 Å². The van der Waals surface area contributed by atoms with E-state index < -0.39 is 0 Å². The van der Waals surface area contributed by atoms with Crippen molar-refractivity contribution in [1.82, 2.24) is 19.9 Å². The third-order valence-electron chi connectivity index (χ3n) is 7.17. The number of H-pyrrole nitrogens is 1. The van der Waals surface area contributed by atoms with Gasteiger partial charge in [0.15, 0.2) is 0 Å². The Morgan fingerprint density at radius 3 is 2.72 bits per heavy atom. The molecule has 2 aromatic heterocycles. The molecule has 39 heavy (non-hydrogen) atoms. The first-order chi connectivity index (χ1) is 19.1. The van der Waals surface area contributed by atoms with Crippen molar-refractivity contribution in [1.29, 1.82) is 0 Å². The Bertz CT molecular complexity index is 1260. The van der Waals surface area contributed by atoms with Gasteiger partial charge in [-0.25, -0.2) is 9.98 Å². The fourth-order valence-electron chi connectivity index (χ4n) is 5.38. The molecule has 5 rings (SSSR count). The standard InChI is InChI=1S/C29H36N6.2C2H6/c1-3-31-16-15-22(12-5-4-10-21-11-8-9-20(2)17-21)29-34-26(27-28(30)32-19-35(27)29)25-18-23-13-6-7-14-24(23)33-25;2*1-2/h3,7-9,11,14,17-18,22,31,33H,1,4-6,10,12-13,15-16,19H2,2H3,(H2,30,32);2*1-2H3. The van der Waals surface area contributed by atoms with Crippen LogP contribution < -0.4 is 11.1 Å². The molecule has 3 aromatic rings. The van der Waals surface area contributed by atoms with Crippen LogP contribution in [-0.4, -0.2) is 26.9 Å². The Hall–Kier alpha value is -3.54. The maximum Gasteiger partial charge on any atom is 0.146 e. The van der Waals surface area contributed by atoms with Crippen LogP contribution in [0, 0.1) is 6.92 Å². The van der Waals surface area contributed by atoms with Crippen molar-refractivity contribution < 1.29 is 0 Å². The lowest BCUT2D eigenvalue weighted by atomic mass is 9.95. The number of aromatic amines is 1. The summed E-state index contributed by atoms with van der Waals surface area (Å²) in [5.41, 5.74) is 14.6. The number of fused-ring (bicyclic) bond motifs is 2. The van der Waals surface area contributed by atoms with Gasteiger partial charge in [0.05, 0.1) is 5.69 Å². The smallest absolute Gasteiger partial charge is 0.146 e. The molecule has 0 spiro atoms. The van der Waals surface area contributed by atoms with Gasteiger partial charge in [-0.3, -0.25) is 0 Å². The molecule has 6 heteroatoms. The molecular weight excluding hydrogens is 480 g/mol. The molecule has 2 aliphatic rings. The van der Waals surface area contributed by atoms with Crippen molar-refractivity contribution >= 4 is 11.9 Å². The molecule has 1 aliphatic heterocycles. The highest BCUT2D eigenvalue weighted by Gasteiger charge is 2.29. The van der Waals surface area contributed by atoms with Gasteiger partial charge in [-0.05, 0) is 74.9 Å². The van der Waals surface area contributed by atoms with E-state index in [1.807, 2.05) is 27.7 Å². The van der Waals surface area contributed by atoms with Gasteiger partial charge in [-0.15, -0.1) is 0 Å². The summed E-state index contributed by atoms with van der Waals surface area (Å²) in [7, 11) is 0. The highest BCUT2D eigenvalue weighted by molar-refractivity contribution is 6.02. The number of aliphatic imine (C=N–C) groups is 1. The van der Waals surface area contributed by atoms with E-state index in [1.165, 1.54) is 28.8 Å². The quantitative estimate of drug-likeness (QED) is 0.225. The van der Waals surface area contributed by atoms with Crippen molar-refractivity contribution in [3.05, 3.63) is 83.1 Å². The fourth-order valence-corrected chi connectivity index (χ4v) is 5.38. The molecular formula is C33H48N6. The zero-order chi connectivity index (χ0) is 28.2. The maximum absolute atomic E-state index is 6.38. The topological polar surface area (TPSA) is 84.0 Å². The van der Waals surface area contributed by atoms with Crippen LogP contribution in [0.4, 0.5) is 0 Å². The van der Waals surface area contributed by atoms with Gasteiger partial charge >= 0.3 is 0 Å².